The minimum atomic E-state index is 0.695. The first-order chi connectivity index (χ1) is 7.31. The van der Waals surface area contributed by atoms with Gasteiger partial charge >= 0.3 is 0 Å². The molecule has 1 aromatic rings. The predicted molar refractivity (Wildman–Crippen MR) is 62.6 cm³/mol. The van der Waals surface area contributed by atoms with Crippen LogP contribution in [0.25, 0.3) is 0 Å². The molecule has 0 amide bonds. The van der Waals surface area contributed by atoms with Gasteiger partial charge in [-0.15, -0.1) is 0 Å². The lowest BCUT2D eigenvalue weighted by Gasteiger charge is -2.13. The van der Waals surface area contributed by atoms with Crippen LogP contribution in [-0.4, -0.2) is 19.7 Å². The summed E-state index contributed by atoms with van der Waals surface area (Å²) in [5, 5.41) is 3.41. The van der Waals surface area contributed by atoms with Gasteiger partial charge in [-0.25, -0.2) is 0 Å². The summed E-state index contributed by atoms with van der Waals surface area (Å²) in [6.07, 6.45) is 1.26. The van der Waals surface area contributed by atoms with Gasteiger partial charge in [0.1, 0.15) is 5.75 Å². The van der Waals surface area contributed by atoms with Crippen molar-refractivity contribution >= 4 is 0 Å². The number of aryl methyl sites for hydroxylation is 1. The summed E-state index contributed by atoms with van der Waals surface area (Å²) in [7, 11) is 0. The van der Waals surface area contributed by atoms with Crippen molar-refractivity contribution in [3.05, 3.63) is 29.3 Å². The first kappa shape index (κ1) is 10.5. The number of rotatable bonds is 3. The third-order valence-electron chi connectivity index (χ3n) is 3.05. The fourth-order valence-electron chi connectivity index (χ4n) is 2.28. The van der Waals surface area contributed by atoms with Crippen molar-refractivity contribution in [3.63, 3.8) is 0 Å². The molecule has 2 nitrogen and oxygen atoms in total. The number of ether oxygens (including phenoxy) is 1. The Labute approximate surface area is 91.6 Å². The maximum Gasteiger partial charge on any atom is 0.119 e. The van der Waals surface area contributed by atoms with E-state index in [-0.39, 0.29) is 0 Å². The van der Waals surface area contributed by atoms with Crippen molar-refractivity contribution in [1.82, 2.24) is 5.32 Å². The highest BCUT2D eigenvalue weighted by Gasteiger charge is 2.18. The number of hydrogen-bond donors (Lipinski definition) is 1. The molecule has 1 aliphatic heterocycles. The molecule has 0 radical (unpaired) electrons. The Balaban J connectivity index is 2.18. The van der Waals surface area contributed by atoms with Gasteiger partial charge in [0, 0.05) is 6.54 Å². The zero-order valence-electron chi connectivity index (χ0n) is 9.55. The highest BCUT2D eigenvalue weighted by molar-refractivity contribution is 5.37. The second-order valence-electron chi connectivity index (χ2n) is 4.14. The topological polar surface area (TPSA) is 21.3 Å². The van der Waals surface area contributed by atoms with Gasteiger partial charge in [0.15, 0.2) is 0 Å². The van der Waals surface area contributed by atoms with Crippen LogP contribution in [0.3, 0.4) is 0 Å². The maximum absolute atomic E-state index is 5.49. The van der Waals surface area contributed by atoms with E-state index in [1.54, 1.807) is 0 Å². The van der Waals surface area contributed by atoms with E-state index in [9.17, 15) is 0 Å². The van der Waals surface area contributed by atoms with Crippen LogP contribution in [0, 0.1) is 6.92 Å². The Kier molecular flexibility index (Phi) is 3.27. The Hall–Kier alpha value is -1.02. The minimum absolute atomic E-state index is 0.695. The van der Waals surface area contributed by atoms with Gasteiger partial charge in [0.2, 0.25) is 0 Å². The first-order valence-electron chi connectivity index (χ1n) is 5.75. The molecule has 2 rings (SSSR count). The van der Waals surface area contributed by atoms with Gasteiger partial charge in [0.05, 0.1) is 6.61 Å². The maximum atomic E-state index is 5.49. The fourth-order valence-corrected chi connectivity index (χ4v) is 2.28. The van der Waals surface area contributed by atoms with Crippen LogP contribution in [0.2, 0.25) is 0 Å². The molecule has 15 heavy (non-hydrogen) atoms. The Morgan fingerprint density at radius 1 is 1.47 bits per heavy atom. The van der Waals surface area contributed by atoms with E-state index in [0.717, 1.165) is 25.4 Å². The zero-order valence-corrected chi connectivity index (χ0v) is 9.55. The molecule has 2 heteroatoms. The van der Waals surface area contributed by atoms with Crippen LogP contribution < -0.4 is 10.1 Å². The second kappa shape index (κ2) is 4.67. The summed E-state index contributed by atoms with van der Waals surface area (Å²) in [5.74, 6) is 1.69. The van der Waals surface area contributed by atoms with Gasteiger partial charge in [-0.3, -0.25) is 0 Å². The minimum Gasteiger partial charge on any atom is -0.494 e. The smallest absolute Gasteiger partial charge is 0.119 e. The van der Waals surface area contributed by atoms with Crippen LogP contribution in [0.4, 0.5) is 0 Å². The second-order valence-corrected chi connectivity index (χ2v) is 4.14. The summed E-state index contributed by atoms with van der Waals surface area (Å²) in [6.45, 7) is 7.20. The van der Waals surface area contributed by atoms with Crippen molar-refractivity contribution in [2.24, 2.45) is 0 Å². The van der Waals surface area contributed by atoms with Crippen LogP contribution in [-0.2, 0) is 0 Å². The van der Waals surface area contributed by atoms with Crippen LogP contribution in [0.1, 0.15) is 30.4 Å². The van der Waals surface area contributed by atoms with E-state index < -0.39 is 0 Å². The third kappa shape index (κ3) is 2.32. The quantitative estimate of drug-likeness (QED) is 0.818. The van der Waals surface area contributed by atoms with Gasteiger partial charge in [-0.1, -0.05) is 6.07 Å². The lowest BCUT2D eigenvalue weighted by Crippen LogP contribution is -2.08. The largest absolute Gasteiger partial charge is 0.494 e. The highest BCUT2D eigenvalue weighted by atomic mass is 16.5. The molecule has 1 aliphatic rings. The SMILES string of the molecule is CCOc1ccc(C2CCNC2)c(C)c1. The van der Waals surface area contributed by atoms with Crippen molar-refractivity contribution in [1.29, 1.82) is 0 Å². The molecule has 1 saturated heterocycles. The van der Waals surface area contributed by atoms with Gasteiger partial charge in [-0.05, 0) is 56.0 Å². The number of benzene rings is 1. The molecule has 0 saturated carbocycles. The molecular formula is C13H19NO. The van der Waals surface area contributed by atoms with Crippen LogP contribution in [0.15, 0.2) is 18.2 Å². The summed E-state index contributed by atoms with van der Waals surface area (Å²) in [5.41, 5.74) is 2.83. The summed E-state index contributed by atoms with van der Waals surface area (Å²) in [4.78, 5) is 0. The molecule has 0 aliphatic carbocycles. The van der Waals surface area contributed by atoms with E-state index in [1.807, 2.05) is 6.92 Å². The van der Waals surface area contributed by atoms with Crippen LogP contribution in [0.5, 0.6) is 5.75 Å². The lowest BCUT2D eigenvalue weighted by atomic mass is 9.94. The predicted octanol–water partition coefficient (Wildman–Crippen LogP) is 2.47. The van der Waals surface area contributed by atoms with E-state index in [2.05, 4.69) is 30.4 Å². The van der Waals surface area contributed by atoms with Gasteiger partial charge < -0.3 is 10.1 Å². The molecule has 82 valence electrons. The van der Waals surface area contributed by atoms with E-state index in [1.165, 1.54) is 17.5 Å². The normalized spacial score (nSPS) is 20.5. The highest BCUT2D eigenvalue weighted by Crippen LogP contribution is 2.27. The molecule has 1 fully saturated rings. The summed E-state index contributed by atoms with van der Waals surface area (Å²) in [6, 6.07) is 6.46. The Bertz CT molecular complexity index is 329. The summed E-state index contributed by atoms with van der Waals surface area (Å²) < 4.78 is 5.49. The standard InChI is InChI=1S/C13H19NO/c1-3-15-12-4-5-13(10(2)8-12)11-6-7-14-9-11/h4-5,8,11,14H,3,6-7,9H2,1-2H3. The van der Waals surface area contributed by atoms with E-state index >= 15 is 0 Å². The average Bonchev–Trinajstić information content (AvgIpc) is 2.71. The average molecular weight is 205 g/mol. The molecule has 1 heterocycles. The molecule has 0 spiro atoms. The zero-order chi connectivity index (χ0) is 10.7. The molecule has 0 bridgehead atoms. The molecule has 1 N–H and O–H groups in total. The van der Waals surface area contributed by atoms with Gasteiger partial charge in [0.25, 0.3) is 0 Å². The molecule has 1 aromatic carbocycles. The Morgan fingerprint density at radius 2 is 2.33 bits per heavy atom. The lowest BCUT2D eigenvalue weighted by molar-refractivity contribution is 0.340. The van der Waals surface area contributed by atoms with E-state index in [4.69, 9.17) is 4.74 Å². The summed E-state index contributed by atoms with van der Waals surface area (Å²) >= 11 is 0. The van der Waals surface area contributed by atoms with Crippen molar-refractivity contribution in [2.75, 3.05) is 19.7 Å². The van der Waals surface area contributed by atoms with Crippen LogP contribution >= 0.6 is 0 Å². The first-order valence-corrected chi connectivity index (χ1v) is 5.75. The fraction of sp³-hybridized carbons (Fsp3) is 0.538. The van der Waals surface area contributed by atoms with Crippen molar-refractivity contribution < 1.29 is 4.74 Å². The molecule has 1 atom stereocenters. The third-order valence-corrected chi connectivity index (χ3v) is 3.05. The molecule has 0 aromatic heterocycles. The number of hydrogen-bond acceptors (Lipinski definition) is 2. The number of nitrogens with one attached hydrogen (secondary N) is 1. The van der Waals surface area contributed by atoms with E-state index in [0.29, 0.717) is 5.92 Å². The Morgan fingerprint density at radius 3 is 2.93 bits per heavy atom. The van der Waals surface area contributed by atoms with Crippen molar-refractivity contribution in [3.8, 4) is 5.75 Å². The molecular weight excluding hydrogens is 186 g/mol. The van der Waals surface area contributed by atoms with Crippen molar-refractivity contribution in [2.45, 2.75) is 26.2 Å². The molecule has 1 unspecified atom stereocenters. The monoisotopic (exact) mass is 205 g/mol. The van der Waals surface area contributed by atoms with Gasteiger partial charge in [-0.2, -0.15) is 0 Å².